The van der Waals surface area contributed by atoms with E-state index in [0.717, 1.165) is 16.9 Å². The van der Waals surface area contributed by atoms with Gasteiger partial charge in [-0.15, -0.1) is 11.3 Å². The summed E-state index contributed by atoms with van der Waals surface area (Å²) in [7, 11) is -3.69. The van der Waals surface area contributed by atoms with Crippen molar-refractivity contribution < 1.29 is 22.5 Å². The fourth-order valence-electron chi connectivity index (χ4n) is 3.05. The van der Waals surface area contributed by atoms with Gasteiger partial charge in [-0.2, -0.15) is 4.31 Å². The number of benzene rings is 1. The summed E-state index contributed by atoms with van der Waals surface area (Å²) in [6.45, 7) is 0.971. The molecule has 1 unspecified atom stereocenters. The minimum atomic E-state index is -3.69. The van der Waals surface area contributed by atoms with E-state index in [1.54, 1.807) is 17.5 Å². The van der Waals surface area contributed by atoms with Crippen molar-refractivity contribution in [1.29, 1.82) is 0 Å². The molecule has 0 bridgehead atoms. The first-order valence-electron chi connectivity index (χ1n) is 8.97. The van der Waals surface area contributed by atoms with Gasteiger partial charge in [0.25, 0.3) is 15.9 Å². The standard InChI is InChI=1S/C19H19N3O5S2/c23-19(20-12-14-5-2-1-3-6-14)15-11-17(27-21-15)16-13-26-9-8-22(16)29(24,25)18-7-4-10-28-18/h1-7,10-11,16H,8-9,12-13H2,(H,20,23). The molecule has 3 aromatic rings. The lowest BCUT2D eigenvalue weighted by atomic mass is 10.2. The largest absolute Gasteiger partial charge is 0.378 e. The summed E-state index contributed by atoms with van der Waals surface area (Å²) in [4.78, 5) is 12.4. The van der Waals surface area contributed by atoms with Gasteiger partial charge in [0, 0.05) is 19.2 Å². The van der Waals surface area contributed by atoms with Crippen LogP contribution in [-0.4, -0.2) is 43.5 Å². The maximum absolute atomic E-state index is 13.0. The van der Waals surface area contributed by atoms with Crippen molar-refractivity contribution >= 4 is 27.3 Å². The second kappa shape index (κ2) is 8.46. The van der Waals surface area contributed by atoms with Crippen LogP contribution in [0.2, 0.25) is 0 Å². The molecule has 1 amide bonds. The normalized spacial score (nSPS) is 17.9. The summed E-state index contributed by atoms with van der Waals surface area (Å²) in [5.41, 5.74) is 1.05. The van der Waals surface area contributed by atoms with Crippen molar-refractivity contribution in [1.82, 2.24) is 14.8 Å². The number of sulfonamides is 1. The number of rotatable bonds is 6. The highest BCUT2D eigenvalue weighted by atomic mass is 32.2. The van der Waals surface area contributed by atoms with E-state index in [1.165, 1.54) is 10.4 Å². The van der Waals surface area contributed by atoms with Gasteiger partial charge in [-0.05, 0) is 17.0 Å². The number of morpholine rings is 1. The van der Waals surface area contributed by atoms with Crippen LogP contribution in [0.1, 0.15) is 27.9 Å². The molecule has 1 atom stereocenters. The molecule has 0 radical (unpaired) electrons. The number of nitrogens with zero attached hydrogens (tertiary/aromatic N) is 2. The molecule has 1 aromatic carbocycles. The third-order valence-electron chi connectivity index (χ3n) is 4.52. The zero-order chi connectivity index (χ0) is 20.3. The second-order valence-corrected chi connectivity index (χ2v) is 9.49. The molecule has 29 heavy (non-hydrogen) atoms. The van der Waals surface area contributed by atoms with Gasteiger partial charge >= 0.3 is 0 Å². The van der Waals surface area contributed by atoms with E-state index in [9.17, 15) is 13.2 Å². The molecule has 3 heterocycles. The van der Waals surface area contributed by atoms with E-state index in [-0.39, 0.29) is 28.8 Å². The third kappa shape index (κ3) is 4.25. The van der Waals surface area contributed by atoms with Crippen molar-refractivity contribution in [2.75, 3.05) is 19.8 Å². The van der Waals surface area contributed by atoms with E-state index < -0.39 is 22.0 Å². The monoisotopic (exact) mass is 433 g/mol. The molecule has 152 valence electrons. The summed E-state index contributed by atoms with van der Waals surface area (Å²) in [6.07, 6.45) is 0. The van der Waals surface area contributed by atoms with Crippen molar-refractivity contribution in [2.24, 2.45) is 0 Å². The van der Waals surface area contributed by atoms with Gasteiger partial charge in [-0.1, -0.05) is 41.6 Å². The summed E-state index contributed by atoms with van der Waals surface area (Å²) >= 11 is 1.15. The van der Waals surface area contributed by atoms with Gasteiger partial charge in [0.2, 0.25) is 0 Å². The van der Waals surface area contributed by atoms with E-state index >= 15 is 0 Å². The van der Waals surface area contributed by atoms with Gasteiger partial charge < -0.3 is 14.6 Å². The van der Waals surface area contributed by atoms with Crippen LogP contribution in [0.15, 0.2) is 62.6 Å². The quantitative estimate of drug-likeness (QED) is 0.641. The van der Waals surface area contributed by atoms with Gasteiger partial charge in [-0.25, -0.2) is 8.42 Å². The predicted molar refractivity (Wildman–Crippen MR) is 106 cm³/mol. The highest BCUT2D eigenvalue weighted by Gasteiger charge is 2.38. The number of carbonyl (C=O) groups is 1. The molecular formula is C19H19N3O5S2. The Morgan fingerprint density at radius 1 is 1.24 bits per heavy atom. The molecule has 1 N–H and O–H groups in total. The molecular weight excluding hydrogens is 414 g/mol. The minimum absolute atomic E-state index is 0.0926. The van der Waals surface area contributed by atoms with Crippen molar-refractivity contribution in [3.05, 3.63) is 70.9 Å². The lowest BCUT2D eigenvalue weighted by Gasteiger charge is -2.32. The van der Waals surface area contributed by atoms with E-state index in [4.69, 9.17) is 9.26 Å². The Balaban J connectivity index is 1.50. The first-order chi connectivity index (χ1) is 14.1. The molecule has 0 saturated carbocycles. The zero-order valence-corrected chi connectivity index (χ0v) is 17.0. The van der Waals surface area contributed by atoms with Gasteiger partial charge in [0.1, 0.15) is 10.3 Å². The molecule has 8 nitrogen and oxygen atoms in total. The molecule has 1 aliphatic rings. The molecule has 2 aromatic heterocycles. The smallest absolute Gasteiger partial charge is 0.273 e. The average Bonchev–Trinajstić information content (AvgIpc) is 3.45. The summed E-state index contributed by atoms with van der Waals surface area (Å²) in [6, 6.07) is 13.5. The molecule has 4 rings (SSSR count). The summed E-state index contributed by atoms with van der Waals surface area (Å²) < 4.78 is 38.3. The molecule has 1 saturated heterocycles. The fraction of sp³-hybridized carbons (Fsp3) is 0.263. The Morgan fingerprint density at radius 3 is 2.83 bits per heavy atom. The fourth-order valence-corrected chi connectivity index (χ4v) is 5.73. The lowest BCUT2D eigenvalue weighted by Crippen LogP contribution is -2.43. The number of thiophene rings is 1. The molecule has 1 fully saturated rings. The SMILES string of the molecule is O=C(NCc1ccccc1)c1cc(C2COCCN2S(=O)(=O)c2cccs2)on1. The van der Waals surface area contributed by atoms with Crippen molar-refractivity contribution in [2.45, 2.75) is 16.8 Å². The maximum Gasteiger partial charge on any atom is 0.273 e. The topological polar surface area (TPSA) is 102 Å². The molecule has 1 aliphatic heterocycles. The van der Waals surface area contributed by atoms with Crippen LogP contribution in [0.3, 0.4) is 0 Å². The van der Waals surface area contributed by atoms with Crippen LogP contribution in [0.25, 0.3) is 0 Å². The molecule has 10 heteroatoms. The Hall–Kier alpha value is -2.53. The number of nitrogens with one attached hydrogen (secondary N) is 1. The number of aromatic nitrogens is 1. The maximum atomic E-state index is 13.0. The van der Waals surface area contributed by atoms with Gasteiger partial charge in [0.05, 0.1) is 13.2 Å². The second-order valence-electron chi connectivity index (χ2n) is 6.42. The van der Waals surface area contributed by atoms with Crippen LogP contribution in [-0.2, 0) is 21.3 Å². The number of amides is 1. The van der Waals surface area contributed by atoms with Crippen molar-refractivity contribution in [3.8, 4) is 0 Å². The van der Waals surface area contributed by atoms with E-state index in [1.807, 2.05) is 30.3 Å². The van der Waals surface area contributed by atoms with Crippen LogP contribution < -0.4 is 5.32 Å². The zero-order valence-electron chi connectivity index (χ0n) is 15.4. The van der Waals surface area contributed by atoms with Gasteiger partial charge in [-0.3, -0.25) is 4.79 Å². The van der Waals surface area contributed by atoms with E-state index in [2.05, 4.69) is 10.5 Å². The number of hydrogen-bond acceptors (Lipinski definition) is 7. The Kier molecular flexibility index (Phi) is 5.76. The van der Waals surface area contributed by atoms with Crippen LogP contribution in [0, 0.1) is 0 Å². The first kappa shape index (κ1) is 19.8. The van der Waals surface area contributed by atoms with E-state index in [0.29, 0.717) is 13.2 Å². The van der Waals surface area contributed by atoms with Crippen molar-refractivity contribution in [3.63, 3.8) is 0 Å². The molecule has 0 aliphatic carbocycles. The third-order valence-corrected chi connectivity index (χ3v) is 7.80. The number of hydrogen-bond donors (Lipinski definition) is 1. The van der Waals surface area contributed by atoms with Gasteiger partial charge in [0.15, 0.2) is 11.5 Å². The first-order valence-corrected chi connectivity index (χ1v) is 11.3. The minimum Gasteiger partial charge on any atom is -0.378 e. The van der Waals surface area contributed by atoms with Crippen LogP contribution in [0.5, 0.6) is 0 Å². The number of carbonyl (C=O) groups excluding carboxylic acids is 1. The number of ether oxygens (including phenoxy) is 1. The summed E-state index contributed by atoms with van der Waals surface area (Å²) in [5.74, 6) is -0.122. The lowest BCUT2D eigenvalue weighted by molar-refractivity contribution is 0.0224. The Labute approximate surface area is 172 Å². The van der Waals surface area contributed by atoms with Crippen LogP contribution >= 0.6 is 11.3 Å². The highest BCUT2D eigenvalue weighted by Crippen LogP contribution is 2.32. The average molecular weight is 434 g/mol. The Morgan fingerprint density at radius 2 is 2.07 bits per heavy atom. The van der Waals surface area contributed by atoms with Crippen LogP contribution in [0.4, 0.5) is 0 Å². The Bertz CT molecular complexity index is 1060. The highest BCUT2D eigenvalue weighted by molar-refractivity contribution is 7.91. The summed E-state index contributed by atoms with van der Waals surface area (Å²) in [5, 5.41) is 8.31. The predicted octanol–water partition coefficient (Wildman–Crippen LogP) is 2.43. The molecule has 0 spiro atoms.